The molecule has 0 saturated carbocycles. The molecule has 3 aromatic rings. The topological polar surface area (TPSA) is 61.8 Å². The van der Waals surface area contributed by atoms with Crippen LogP contribution in [-0.4, -0.2) is 23.6 Å². The van der Waals surface area contributed by atoms with Crippen molar-refractivity contribution < 1.29 is 9.47 Å². The Bertz CT molecular complexity index is 776. The van der Waals surface area contributed by atoms with Crippen LogP contribution in [0, 0.1) is 6.92 Å². The highest BCUT2D eigenvalue weighted by Gasteiger charge is 2.18. The molecule has 0 aliphatic rings. The maximum atomic E-state index is 6.02. The summed E-state index contributed by atoms with van der Waals surface area (Å²) in [6, 6.07) is 5.72. The predicted octanol–water partition coefficient (Wildman–Crippen LogP) is 2.97. The summed E-state index contributed by atoms with van der Waals surface area (Å²) in [6.45, 7) is 2.05. The predicted molar refractivity (Wildman–Crippen MR) is 80.8 cm³/mol. The van der Waals surface area contributed by atoms with Crippen LogP contribution in [0.2, 0.25) is 0 Å². The molecule has 3 rings (SSSR count). The van der Waals surface area contributed by atoms with Crippen LogP contribution >= 0.6 is 11.3 Å². The van der Waals surface area contributed by atoms with Crippen molar-refractivity contribution in [3.8, 4) is 22.8 Å². The van der Waals surface area contributed by atoms with E-state index in [0.717, 1.165) is 32.6 Å². The van der Waals surface area contributed by atoms with Gasteiger partial charge in [0, 0.05) is 10.4 Å². The molecule has 0 spiro atoms. The number of nitrogens with zero attached hydrogens (tertiary/aromatic N) is 2. The fraction of sp³-hybridized carbons (Fsp3) is 0.214. The molecule has 1 aromatic carbocycles. The highest BCUT2D eigenvalue weighted by molar-refractivity contribution is 7.17. The highest BCUT2D eigenvalue weighted by atomic mass is 32.1. The molecule has 0 aliphatic heterocycles. The SMILES string of the molecule is COc1ccc(OC)c(-c2c(C)sc3ncc(N)n23)c1. The Hall–Kier alpha value is -2.21. The lowest BCUT2D eigenvalue weighted by atomic mass is 10.1. The summed E-state index contributed by atoms with van der Waals surface area (Å²) in [5, 5.41) is 0. The van der Waals surface area contributed by atoms with Gasteiger partial charge >= 0.3 is 0 Å². The number of anilines is 1. The Kier molecular flexibility index (Phi) is 3.02. The van der Waals surface area contributed by atoms with Gasteiger partial charge in [-0.15, -0.1) is 11.3 Å². The van der Waals surface area contributed by atoms with Crippen LogP contribution in [0.15, 0.2) is 24.4 Å². The van der Waals surface area contributed by atoms with Crippen molar-refractivity contribution in [3.63, 3.8) is 0 Å². The summed E-state index contributed by atoms with van der Waals surface area (Å²) in [7, 11) is 3.30. The van der Waals surface area contributed by atoms with Crippen molar-refractivity contribution in [2.45, 2.75) is 6.92 Å². The molecule has 20 heavy (non-hydrogen) atoms. The Morgan fingerprint density at radius 2 is 2.05 bits per heavy atom. The Labute approximate surface area is 120 Å². The summed E-state index contributed by atoms with van der Waals surface area (Å²) in [6.07, 6.45) is 1.67. The quantitative estimate of drug-likeness (QED) is 0.805. The second kappa shape index (κ2) is 4.72. The van der Waals surface area contributed by atoms with Gasteiger partial charge in [-0.1, -0.05) is 0 Å². The number of methoxy groups -OCH3 is 2. The van der Waals surface area contributed by atoms with Crippen molar-refractivity contribution in [1.29, 1.82) is 0 Å². The van der Waals surface area contributed by atoms with E-state index in [9.17, 15) is 0 Å². The Morgan fingerprint density at radius 1 is 1.25 bits per heavy atom. The smallest absolute Gasteiger partial charge is 0.196 e. The van der Waals surface area contributed by atoms with Crippen LogP contribution in [0.25, 0.3) is 16.2 Å². The molecule has 5 nitrogen and oxygen atoms in total. The Morgan fingerprint density at radius 3 is 2.75 bits per heavy atom. The lowest BCUT2D eigenvalue weighted by molar-refractivity contribution is 0.404. The first kappa shape index (κ1) is 12.8. The largest absolute Gasteiger partial charge is 0.497 e. The molecule has 0 amide bonds. The standard InChI is InChI=1S/C14H15N3O2S/c1-8-13(17-12(15)7-16-14(17)20-8)10-6-9(18-2)4-5-11(10)19-3/h4-7H,15H2,1-3H3. The molecule has 6 heteroatoms. The minimum Gasteiger partial charge on any atom is -0.497 e. The van der Waals surface area contributed by atoms with Gasteiger partial charge in [0.1, 0.15) is 17.3 Å². The molecular formula is C14H15N3O2S. The van der Waals surface area contributed by atoms with E-state index in [4.69, 9.17) is 15.2 Å². The zero-order chi connectivity index (χ0) is 14.3. The first-order chi connectivity index (χ1) is 9.65. The van der Waals surface area contributed by atoms with Gasteiger partial charge in [0.15, 0.2) is 4.96 Å². The van der Waals surface area contributed by atoms with E-state index >= 15 is 0 Å². The summed E-state index contributed by atoms with van der Waals surface area (Å²) >= 11 is 1.60. The molecular weight excluding hydrogens is 274 g/mol. The number of rotatable bonds is 3. The molecule has 0 aliphatic carbocycles. The number of imidazole rings is 1. The number of nitrogens with two attached hydrogens (primary N) is 1. The lowest BCUT2D eigenvalue weighted by Crippen LogP contribution is -1.97. The monoisotopic (exact) mass is 289 g/mol. The van der Waals surface area contributed by atoms with Crippen LogP contribution in [0.5, 0.6) is 11.5 Å². The average Bonchev–Trinajstić information content (AvgIpc) is 2.97. The van der Waals surface area contributed by atoms with E-state index in [0.29, 0.717) is 5.82 Å². The van der Waals surface area contributed by atoms with E-state index in [1.54, 1.807) is 31.8 Å². The third-order valence-corrected chi connectivity index (χ3v) is 4.19. The van der Waals surface area contributed by atoms with Gasteiger partial charge in [0.2, 0.25) is 0 Å². The second-order valence-corrected chi connectivity index (χ2v) is 5.56. The molecule has 0 saturated heterocycles. The van der Waals surface area contributed by atoms with Gasteiger partial charge in [0.05, 0.1) is 26.1 Å². The molecule has 2 heterocycles. The fourth-order valence-corrected chi connectivity index (χ4v) is 3.26. The number of benzene rings is 1. The number of nitrogen functional groups attached to an aromatic ring is 1. The normalized spacial score (nSPS) is 10.9. The van der Waals surface area contributed by atoms with Crippen molar-refractivity contribution in [2.75, 3.05) is 20.0 Å². The minimum atomic E-state index is 0.615. The number of fused-ring (bicyclic) bond motifs is 1. The summed E-state index contributed by atoms with van der Waals surface area (Å²) in [5.41, 5.74) is 7.97. The van der Waals surface area contributed by atoms with E-state index in [2.05, 4.69) is 4.98 Å². The molecule has 2 aromatic heterocycles. The number of hydrogen-bond acceptors (Lipinski definition) is 5. The molecule has 104 valence electrons. The first-order valence-electron chi connectivity index (χ1n) is 6.10. The van der Waals surface area contributed by atoms with E-state index in [1.165, 1.54) is 0 Å². The van der Waals surface area contributed by atoms with Crippen molar-refractivity contribution in [3.05, 3.63) is 29.3 Å². The summed E-state index contributed by atoms with van der Waals surface area (Å²) in [4.78, 5) is 6.31. The van der Waals surface area contributed by atoms with E-state index < -0.39 is 0 Å². The zero-order valence-electron chi connectivity index (χ0n) is 11.5. The maximum Gasteiger partial charge on any atom is 0.196 e. The summed E-state index contributed by atoms with van der Waals surface area (Å²) < 4.78 is 12.7. The maximum absolute atomic E-state index is 6.02. The average molecular weight is 289 g/mol. The van der Waals surface area contributed by atoms with Gasteiger partial charge in [-0.25, -0.2) is 4.98 Å². The minimum absolute atomic E-state index is 0.615. The highest BCUT2D eigenvalue weighted by Crippen LogP contribution is 2.39. The van der Waals surface area contributed by atoms with Crippen molar-refractivity contribution in [2.24, 2.45) is 0 Å². The Balaban J connectivity index is 2.34. The number of aromatic nitrogens is 2. The molecule has 2 N–H and O–H groups in total. The molecule has 0 unspecified atom stereocenters. The van der Waals surface area contributed by atoms with E-state index in [1.807, 2.05) is 29.5 Å². The van der Waals surface area contributed by atoms with Crippen LogP contribution in [0.4, 0.5) is 5.82 Å². The summed E-state index contributed by atoms with van der Waals surface area (Å²) in [5.74, 6) is 2.17. The van der Waals surface area contributed by atoms with Gasteiger partial charge in [0.25, 0.3) is 0 Å². The molecule has 0 fully saturated rings. The third-order valence-electron chi connectivity index (χ3n) is 3.22. The van der Waals surface area contributed by atoms with Crippen LogP contribution in [0.1, 0.15) is 4.88 Å². The van der Waals surface area contributed by atoms with Gasteiger partial charge in [-0.05, 0) is 25.1 Å². The first-order valence-corrected chi connectivity index (χ1v) is 6.92. The van der Waals surface area contributed by atoms with Gasteiger partial charge in [-0.2, -0.15) is 0 Å². The van der Waals surface area contributed by atoms with E-state index in [-0.39, 0.29) is 0 Å². The van der Waals surface area contributed by atoms with Gasteiger partial charge in [-0.3, -0.25) is 4.40 Å². The van der Waals surface area contributed by atoms with Crippen molar-refractivity contribution >= 4 is 22.1 Å². The number of ether oxygens (including phenoxy) is 2. The van der Waals surface area contributed by atoms with Crippen LogP contribution in [-0.2, 0) is 0 Å². The molecule has 0 radical (unpaired) electrons. The second-order valence-electron chi connectivity index (χ2n) is 4.37. The molecule has 0 atom stereocenters. The zero-order valence-corrected chi connectivity index (χ0v) is 12.3. The fourth-order valence-electron chi connectivity index (χ4n) is 2.30. The van der Waals surface area contributed by atoms with Gasteiger partial charge < -0.3 is 15.2 Å². The number of hydrogen-bond donors (Lipinski definition) is 1. The van der Waals surface area contributed by atoms with Crippen molar-refractivity contribution in [1.82, 2.24) is 9.38 Å². The number of thiazole rings is 1. The number of aryl methyl sites for hydroxylation is 1. The molecule has 0 bridgehead atoms. The van der Waals surface area contributed by atoms with Crippen LogP contribution in [0.3, 0.4) is 0 Å². The third kappa shape index (κ3) is 1.80. The lowest BCUT2D eigenvalue weighted by Gasteiger charge is -2.11. The van der Waals surface area contributed by atoms with Crippen LogP contribution < -0.4 is 15.2 Å².